The smallest absolute Gasteiger partial charge is 0.339 e. The summed E-state index contributed by atoms with van der Waals surface area (Å²) >= 11 is 0. The molecule has 2 aliphatic heterocycles. The van der Waals surface area contributed by atoms with Crippen molar-refractivity contribution in [2.24, 2.45) is 28.1 Å². The van der Waals surface area contributed by atoms with Gasteiger partial charge in [0.25, 0.3) is 0 Å². The molecule has 1 spiro atoms. The molecule has 142 valence electrons. The molecule has 5 nitrogen and oxygen atoms in total. The van der Waals surface area contributed by atoms with E-state index in [1.165, 1.54) is 6.08 Å². The lowest BCUT2D eigenvalue weighted by Crippen LogP contribution is -2.75. The van der Waals surface area contributed by atoms with E-state index in [4.69, 9.17) is 9.47 Å². The number of carbonyl (C=O) groups excluding carboxylic acids is 2. The van der Waals surface area contributed by atoms with Crippen LogP contribution in [0.1, 0.15) is 40.0 Å². The molecule has 4 bridgehead atoms. The maximum absolute atomic E-state index is 13.7. The van der Waals surface area contributed by atoms with E-state index in [2.05, 4.69) is 13.2 Å². The van der Waals surface area contributed by atoms with Crippen LogP contribution in [0, 0.1) is 28.1 Å². The molecule has 1 N–H and O–H groups in total. The van der Waals surface area contributed by atoms with Crippen LogP contribution in [-0.4, -0.2) is 41.3 Å². The molecule has 0 aromatic carbocycles. The third kappa shape index (κ3) is 1.57. The van der Waals surface area contributed by atoms with E-state index in [1.54, 1.807) is 6.08 Å². The molecule has 0 aromatic heterocycles. The normalized spacial score (nSPS) is 47.9. The Morgan fingerprint density at radius 2 is 2.04 bits per heavy atom. The first kappa shape index (κ1) is 17.9. The van der Waals surface area contributed by atoms with E-state index in [9.17, 15) is 14.7 Å². The Hall–Kier alpha value is -1.46. The van der Waals surface area contributed by atoms with Gasteiger partial charge in [0.05, 0.1) is 23.0 Å². The summed E-state index contributed by atoms with van der Waals surface area (Å²) < 4.78 is 12.1. The monoisotopic (exact) mass is 360 g/mol. The first-order valence-electron chi connectivity index (χ1n) is 9.48. The van der Waals surface area contributed by atoms with Gasteiger partial charge < -0.3 is 14.6 Å². The lowest BCUT2D eigenvalue weighted by atomic mass is 9.39. The molecular formula is C21H28O5. The van der Waals surface area contributed by atoms with Gasteiger partial charge in [-0.05, 0) is 25.2 Å². The number of ketones is 1. The molecule has 2 heterocycles. The summed E-state index contributed by atoms with van der Waals surface area (Å²) in [5.41, 5.74) is -3.97. The molecule has 5 heteroatoms. The Bertz CT molecular complexity index is 711. The average molecular weight is 360 g/mol. The second-order valence-corrected chi connectivity index (χ2v) is 9.21. The van der Waals surface area contributed by atoms with Crippen LogP contribution < -0.4 is 0 Å². The summed E-state index contributed by atoms with van der Waals surface area (Å²) in [6.45, 7) is 13.6. The van der Waals surface area contributed by atoms with Crippen molar-refractivity contribution in [2.45, 2.75) is 57.8 Å². The number of cyclic esters (lactones) is 1. The Morgan fingerprint density at radius 3 is 2.65 bits per heavy atom. The predicted octanol–water partition coefficient (Wildman–Crippen LogP) is 2.43. The van der Waals surface area contributed by atoms with Crippen LogP contribution in [0.4, 0.5) is 0 Å². The number of ether oxygens (including phenoxy) is 2. The molecule has 0 aromatic rings. The molecule has 2 saturated heterocycles. The fourth-order valence-corrected chi connectivity index (χ4v) is 6.55. The number of Topliss-reactive ketones (excluding diaryl/α,β-unsaturated/α-hetero) is 1. The first-order chi connectivity index (χ1) is 12.1. The van der Waals surface area contributed by atoms with Crippen molar-refractivity contribution >= 4 is 11.8 Å². The quantitative estimate of drug-likeness (QED) is 0.616. The molecule has 3 aliphatic carbocycles. The molecule has 0 amide bonds. The number of hydrogen-bond donors (Lipinski definition) is 1. The minimum absolute atomic E-state index is 0.0359. The Labute approximate surface area is 154 Å². The summed E-state index contributed by atoms with van der Waals surface area (Å²) in [5.74, 6) is -0.441. The highest BCUT2D eigenvalue weighted by atomic mass is 16.6. The van der Waals surface area contributed by atoms with E-state index < -0.39 is 40.0 Å². The number of hydrogen-bond acceptors (Lipinski definition) is 5. The molecule has 5 fully saturated rings. The molecule has 7 atom stereocenters. The SMILES string of the molecule is C=CC(O)[C@]12COC(=O)[C@@]3(C[C@@H]4CC[C@]13C(=O)[C@H]4C)O[C@H]2C(C)(C)C=C. The van der Waals surface area contributed by atoms with E-state index in [0.717, 1.165) is 6.42 Å². The van der Waals surface area contributed by atoms with Gasteiger partial charge in [-0.25, -0.2) is 4.79 Å². The summed E-state index contributed by atoms with van der Waals surface area (Å²) in [5, 5.41) is 11.2. The van der Waals surface area contributed by atoms with Gasteiger partial charge in [-0.2, -0.15) is 0 Å². The van der Waals surface area contributed by atoms with Crippen molar-refractivity contribution in [1.29, 1.82) is 0 Å². The number of esters is 1. The van der Waals surface area contributed by atoms with Gasteiger partial charge in [-0.3, -0.25) is 4.79 Å². The number of aliphatic hydroxyl groups excluding tert-OH is 1. The first-order valence-corrected chi connectivity index (χ1v) is 9.48. The largest absolute Gasteiger partial charge is 0.463 e. The average Bonchev–Trinajstić information content (AvgIpc) is 2.85. The van der Waals surface area contributed by atoms with Crippen molar-refractivity contribution in [3.63, 3.8) is 0 Å². The second-order valence-electron chi connectivity index (χ2n) is 9.21. The van der Waals surface area contributed by atoms with Crippen molar-refractivity contribution in [3.05, 3.63) is 25.3 Å². The third-order valence-corrected chi connectivity index (χ3v) is 7.98. The van der Waals surface area contributed by atoms with Crippen LogP contribution in [0.3, 0.4) is 0 Å². The zero-order valence-electron chi connectivity index (χ0n) is 15.8. The molecule has 0 radical (unpaired) electrons. The number of fused-ring (bicyclic) bond motifs is 2. The minimum atomic E-state index is -1.30. The maximum Gasteiger partial charge on any atom is 0.339 e. The Balaban J connectivity index is 2.06. The fourth-order valence-electron chi connectivity index (χ4n) is 6.55. The summed E-state index contributed by atoms with van der Waals surface area (Å²) in [6.07, 6.45) is 3.53. The number of aliphatic hydroxyl groups is 1. The van der Waals surface area contributed by atoms with E-state index in [1.807, 2.05) is 20.8 Å². The standard InChI is InChI=1S/C21H28O5/c1-6-14(22)19-11-25-17(24)21(26-16(19)18(4,5)7-2)10-13-8-9-20(19,21)15(23)12(13)3/h6-7,12-14,16,22H,1-2,8-11H2,3-5H3/t12-,13-,14?,16-,19-,20-,21+/m0/s1. The van der Waals surface area contributed by atoms with Crippen LogP contribution in [0.15, 0.2) is 25.3 Å². The molecular weight excluding hydrogens is 332 g/mol. The van der Waals surface area contributed by atoms with Crippen LogP contribution in [0.25, 0.3) is 0 Å². The number of rotatable bonds is 4. The van der Waals surface area contributed by atoms with Crippen LogP contribution in [-0.2, 0) is 19.1 Å². The molecule has 1 unspecified atom stereocenters. The lowest BCUT2D eigenvalue weighted by molar-refractivity contribution is -0.230. The highest BCUT2D eigenvalue weighted by molar-refractivity contribution is 6.00. The van der Waals surface area contributed by atoms with Gasteiger partial charge in [-0.15, -0.1) is 13.2 Å². The Morgan fingerprint density at radius 1 is 1.35 bits per heavy atom. The van der Waals surface area contributed by atoms with E-state index in [0.29, 0.717) is 12.8 Å². The van der Waals surface area contributed by atoms with Crippen LogP contribution in [0.5, 0.6) is 0 Å². The highest BCUT2D eigenvalue weighted by Crippen LogP contribution is 2.75. The van der Waals surface area contributed by atoms with Gasteiger partial charge in [-0.1, -0.05) is 32.9 Å². The Kier molecular flexibility index (Phi) is 3.50. The van der Waals surface area contributed by atoms with Gasteiger partial charge in [0.15, 0.2) is 5.60 Å². The predicted molar refractivity (Wildman–Crippen MR) is 95.1 cm³/mol. The fraction of sp³-hybridized carbons (Fsp3) is 0.714. The highest BCUT2D eigenvalue weighted by Gasteiger charge is 2.87. The minimum Gasteiger partial charge on any atom is -0.463 e. The third-order valence-electron chi connectivity index (χ3n) is 7.98. The van der Waals surface area contributed by atoms with Gasteiger partial charge in [0.2, 0.25) is 0 Å². The summed E-state index contributed by atoms with van der Waals surface area (Å²) in [7, 11) is 0. The molecule has 26 heavy (non-hydrogen) atoms. The van der Waals surface area contributed by atoms with Crippen molar-refractivity contribution in [1.82, 2.24) is 0 Å². The van der Waals surface area contributed by atoms with E-state index >= 15 is 0 Å². The van der Waals surface area contributed by atoms with E-state index in [-0.39, 0.29) is 24.2 Å². The number of carbonyl (C=O) groups is 2. The molecule has 5 rings (SSSR count). The molecule has 5 aliphatic rings. The lowest BCUT2D eigenvalue weighted by Gasteiger charge is -2.62. The van der Waals surface area contributed by atoms with Crippen LogP contribution in [0.2, 0.25) is 0 Å². The van der Waals surface area contributed by atoms with Crippen molar-refractivity contribution in [2.75, 3.05) is 6.61 Å². The summed E-state index contributed by atoms with van der Waals surface area (Å²) in [4.78, 5) is 26.7. The van der Waals surface area contributed by atoms with Crippen LogP contribution >= 0.6 is 0 Å². The van der Waals surface area contributed by atoms with Crippen molar-refractivity contribution < 1.29 is 24.2 Å². The summed E-state index contributed by atoms with van der Waals surface area (Å²) in [6, 6.07) is 0. The topological polar surface area (TPSA) is 72.8 Å². The zero-order valence-corrected chi connectivity index (χ0v) is 15.8. The molecule has 3 saturated carbocycles. The van der Waals surface area contributed by atoms with Gasteiger partial charge >= 0.3 is 5.97 Å². The van der Waals surface area contributed by atoms with Gasteiger partial charge in [0.1, 0.15) is 12.4 Å². The van der Waals surface area contributed by atoms with Crippen molar-refractivity contribution in [3.8, 4) is 0 Å². The second kappa shape index (κ2) is 5.08. The van der Waals surface area contributed by atoms with Gasteiger partial charge in [0, 0.05) is 11.3 Å². The zero-order chi connectivity index (χ0) is 19.1. The maximum atomic E-state index is 13.7.